The zero-order valence-electron chi connectivity index (χ0n) is 23.3. The van der Waals surface area contributed by atoms with E-state index in [-0.39, 0.29) is 17.4 Å². The van der Waals surface area contributed by atoms with E-state index in [4.69, 9.17) is 16.7 Å². The molecule has 2 aromatic heterocycles. The highest BCUT2D eigenvalue weighted by atomic mass is 35.5. The van der Waals surface area contributed by atoms with Gasteiger partial charge in [0, 0.05) is 65.1 Å². The minimum atomic E-state index is -0.886. The highest BCUT2D eigenvalue weighted by Gasteiger charge is 2.54. The number of hydrogen-bond donors (Lipinski definition) is 1. The Bertz CT molecular complexity index is 1710. The van der Waals surface area contributed by atoms with E-state index in [9.17, 15) is 9.00 Å². The summed E-state index contributed by atoms with van der Waals surface area (Å²) in [6.07, 6.45) is 6.20. The molecule has 2 aliphatic heterocycles. The molecule has 3 aliphatic rings. The summed E-state index contributed by atoms with van der Waals surface area (Å²) in [5.74, 6) is 0.764. The van der Waals surface area contributed by atoms with E-state index in [0.717, 1.165) is 94.8 Å². The summed E-state index contributed by atoms with van der Waals surface area (Å²) in [5.41, 5.74) is 8.20. The number of hydrogen-bond acceptors (Lipinski definition) is 4. The molecular formula is C31H33ClN6O2S. The number of H-pyrrole nitrogens is 1. The fourth-order valence-corrected chi connectivity index (χ4v) is 8.47. The van der Waals surface area contributed by atoms with E-state index in [1.54, 1.807) is 0 Å². The SMILES string of the molecule is C=CC(=O)N1CC2(CC(n3nc(-c4ccc(CN5CCCS5=O)cc4)c(-c4c(Cl)c(C)cc5[nH]ncc45)c3C)C2)C1. The van der Waals surface area contributed by atoms with Gasteiger partial charge in [-0.15, -0.1) is 0 Å². The number of likely N-dealkylation sites (tertiary alicyclic amines) is 1. The zero-order chi connectivity index (χ0) is 28.5. The number of aryl methyl sites for hydroxylation is 1. The van der Waals surface area contributed by atoms with Gasteiger partial charge in [0.1, 0.15) is 5.69 Å². The summed E-state index contributed by atoms with van der Waals surface area (Å²) >= 11 is 7.04. The highest BCUT2D eigenvalue weighted by molar-refractivity contribution is 7.82. The Morgan fingerprint density at radius 3 is 2.66 bits per heavy atom. The number of fused-ring (bicyclic) bond motifs is 1. The van der Waals surface area contributed by atoms with Crippen molar-refractivity contribution >= 4 is 39.4 Å². The molecule has 1 atom stereocenters. The van der Waals surface area contributed by atoms with Crippen LogP contribution >= 0.6 is 11.6 Å². The number of aromatic nitrogens is 4. The van der Waals surface area contributed by atoms with E-state index >= 15 is 0 Å². The van der Waals surface area contributed by atoms with Crippen molar-refractivity contribution in [3.63, 3.8) is 0 Å². The maximum absolute atomic E-state index is 12.3. The van der Waals surface area contributed by atoms with Gasteiger partial charge in [-0.2, -0.15) is 10.2 Å². The lowest BCUT2D eigenvalue weighted by Crippen LogP contribution is -2.63. The van der Waals surface area contributed by atoms with E-state index < -0.39 is 11.0 Å². The molecule has 2 saturated heterocycles. The summed E-state index contributed by atoms with van der Waals surface area (Å²) in [6.45, 7) is 10.9. The van der Waals surface area contributed by atoms with Gasteiger partial charge < -0.3 is 4.90 Å². The molecule has 1 N–H and O–H groups in total. The fraction of sp³-hybridized carbons (Fsp3) is 0.387. The first-order valence-electron chi connectivity index (χ1n) is 14.1. The molecule has 4 heterocycles. The average molecular weight is 589 g/mol. The maximum atomic E-state index is 12.3. The minimum Gasteiger partial charge on any atom is -0.338 e. The molecular weight excluding hydrogens is 556 g/mol. The first kappa shape index (κ1) is 26.6. The summed E-state index contributed by atoms with van der Waals surface area (Å²) in [7, 11) is -0.886. The summed E-state index contributed by atoms with van der Waals surface area (Å²) in [6, 6.07) is 10.8. The van der Waals surface area contributed by atoms with Crippen LogP contribution in [0.15, 0.2) is 49.2 Å². The van der Waals surface area contributed by atoms with Crippen LogP contribution in [0.2, 0.25) is 5.02 Å². The van der Waals surface area contributed by atoms with Gasteiger partial charge >= 0.3 is 0 Å². The van der Waals surface area contributed by atoms with Crippen LogP contribution in [-0.4, -0.2) is 64.7 Å². The number of carbonyl (C=O) groups is 1. The molecule has 1 saturated carbocycles. The van der Waals surface area contributed by atoms with Crippen molar-refractivity contribution in [2.24, 2.45) is 5.41 Å². The van der Waals surface area contributed by atoms with Gasteiger partial charge in [-0.25, -0.2) is 8.51 Å². The van der Waals surface area contributed by atoms with Gasteiger partial charge in [0.2, 0.25) is 5.91 Å². The number of halogens is 1. The summed E-state index contributed by atoms with van der Waals surface area (Å²) in [5, 5.41) is 14.4. The second-order valence-electron chi connectivity index (χ2n) is 11.9. The van der Waals surface area contributed by atoms with Crippen molar-refractivity contribution in [2.75, 3.05) is 25.4 Å². The molecule has 0 radical (unpaired) electrons. The third-order valence-corrected chi connectivity index (χ3v) is 11.1. The first-order valence-corrected chi connectivity index (χ1v) is 15.8. The summed E-state index contributed by atoms with van der Waals surface area (Å²) in [4.78, 5) is 13.9. The highest BCUT2D eigenvalue weighted by Crippen LogP contribution is 2.55. The molecule has 8 nitrogen and oxygen atoms in total. The molecule has 2 aromatic carbocycles. The van der Waals surface area contributed by atoms with Crippen molar-refractivity contribution in [1.82, 2.24) is 29.2 Å². The van der Waals surface area contributed by atoms with Gasteiger partial charge in [-0.1, -0.05) is 42.4 Å². The second-order valence-corrected chi connectivity index (χ2v) is 13.8. The lowest BCUT2D eigenvalue weighted by molar-refractivity contribution is -0.149. The van der Waals surface area contributed by atoms with Crippen molar-refractivity contribution in [2.45, 2.75) is 45.7 Å². The number of aromatic amines is 1. The molecule has 41 heavy (non-hydrogen) atoms. The van der Waals surface area contributed by atoms with E-state index in [2.05, 4.69) is 52.6 Å². The summed E-state index contributed by atoms with van der Waals surface area (Å²) < 4.78 is 16.5. The zero-order valence-corrected chi connectivity index (χ0v) is 24.9. The van der Waals surface area contributed by atoms with Crippen LogP contribution in [0.1, 0.15) is 42.1 Å². The molecule has 1 spiro atoms. The van der Waals surface area contributed by atoms with Gasteiger partial charge in [0.05, 0.1) is 33.8 Å². The maximum Gasteiger partial charge on any atom is 0.245 e. The molecule has 3 fully saturated rings. The fourth-order valence-electron chi connectivity index (χ4n) is 6.96. The van der Waals surface area contributed by atoms with Crippen LogP contribution in [0.5, 0.6) is 0 Å². The van der Waals surface area contributed by atoms with Crippen molar-refractivity contribution in [1.29, 1.82) is 0 Å². The number of carbonyl (C=O) groups excluding carboxylic acids is 1. The Labute approximate surface area is 246 Å². The third-order valence-electron chi connectivity index (χ3n) is 9.09. The lowest BCUT2D eigenvalue weighted by atomic mass is 9.60. The lowest BCUT2D eigenvalue weighted by Gasteiger charge is -2.58. The van der Waals surface area contributed by atoms with Crippen LogP contribution in [0.4, 0.5) is 0 Å². The van der Waals surface area contributed by atoms with Crippen LogP contribution < -0.4 is 0 Å². The number of rotatable bonds is 6. The van der Waals surface area contributed by atoms with E-state index in [0.29, 0.717) is 11.6 Å². The van der Waals surface area contributed by atoms with E-state index in [1.807, 2.05) is 28.4 Å². The van der Waals surface area contributed by atoms with Gasteiger partial charge in [-0.05, 0) is 56.4 Å². The Morgan fingerprint density at radius 1 is 1.22 bits per heavy atom. The Balaban J connectivity index is 1.27. The molecule has 10 heteroatoms. The number of nitrogens with zero attached hydrogens (tertiary/aromatic N) is 5. The monoisotopic (exact) mass is 588 g/mol. The topological polar surface area (TPSA) is 87.1 Å². The van der Waals surface area contributed by atoms with Gasteiger partial charge in [-0.3, -0.25) is 14.6 Å². The predicted octanol–water partition coefficient (Wildman–Crippen LogP) is 5.58. The van der Waals surface area contributed by atoms with Gasteiger partial charge in [0.15, 0.2) is 0 Å². The number of nitrogens with one attached hydrogen (secondary N) is 1. The smallest absolute Gasteiger partial charge is 0.245 e. The molecule has 1 aliphatic carbocycles. The van der Waals surface area contributed by atoms with Crippen LogP contribution in [0.25, 0.3) is 33.3 Å². The number of amides is 1. The molecule has 7 rings (SSSR count). The predicted molar refractivity (Wildman–Crippen MR) is 163 cm³/mol. The standard InChI is InChI=1S/C31H33ClN6O2S/c1-4-26(39)36-17-31(18-36)13-23(14-31)38-20(3)27(28-24-15-33-34-25(24)12-19(2)29(28)32)30(35-38)22-8-6-21(7-9-22)16-37-10-5-11-41(37)40/h4,6-9,12,15,23H,1,5,10-11,13-14,16-18H2,2-3H3,(H,33,34). The number of benzene rings is 2. The Morgan fingerprint density at radius 2 is 1.98 bits per heavy atom. The van der Waals surface area contributed by atoms with Crippen LogP contribution in [0.3, 0.4) is 0 Å². The van der Waals surface area contributed by atoms with Crippen LogP contribution in [0, 0.1) is 19.3 Å². The first-order chi connectivity index (χ1) is 19.8. The third kappa shape index (κ3) is 4.37. The molecule has 1 unspecified atom stereocenters. The molecule has 1 amide bonds. The second kappa shape index (κ2) is 9.93. The molecule has 212 valence electrons. The van der Waals surface area contributed by atoms with Crippen molar-refractivity contribution < 1.29 is 9.00 Å². The van der Waals surface area contributed by atoms with Crippen LogP contribution in [-0.2, 0) is 22.3 Å². The minimum absolute atomic E-state index is 0.0107. The average Bonchev–Trinajstić information content (AvgIpc) is 3.63. The largest absolute Gasteiger partial charge is 0.338 e. The van der Waals surface area contributed by atoms with Gasteiger partial charge in [0.25, 0.3) is 0 Å². The molecule has 0 bridgehead atoms. The Hall–Kier alpha value is -3.27. The van der Waals surface area contributed by atoms with Crippen molar-refractivity contribution in [3.05, 3.63) is 71.0 Å². The quantitative estimate of drug-likeness (QED) is 0.298. The normalized spacial score (nSPS) is 20.5. The molecule has 4 aromatic rings. The van der Waals surface area contributed by atoms with Crippen molar-refractivity contribution in [3.8, 4) is 22.4 Å². The Kier molecular flexibility index (Phi) is 6.44. The van der Waals surface area contributed by atoms with E-state index in [1.165, 1.54) is 6.08 Å².